The predicted molar refractivity (Wildman–Crippen MR) is 102 cm³/mol. The molecule has 0 aromatic heterocycles. The van der Waals surface area contributed by atoms with E-state index < -0.39 is 4.92 Å². The lowest BCUT2D eigenvalue weighted by Gasteiger charge is -2.21. The van der Waals surface area contributed by atoms with E-state index in [1.807, 2.05) is 38.2 Å². The van der Waals surface area contributed by atoms with Crippen molar-refractivity contribution in [1.82, 2.24) is 0 Å². The molecule has 7 nitrogen and oxygen atoms in total. The molecule has 2 aromatic carbocycles. The summed E-state index contributed by atoms with van der Waals surface area (Å²) in [6.45, 7) is 2.49. The number of amides is 1. The first-order valence-corrected chi connectivity index (χ1v) is 8.81. The molecular weight excluding hydrogens is 402 g/mol. The first-order valence-electron chi connectivity index (χ1n) is 8.02. The number of anilines is 1. The Labute approximate surface area is 160 Å². The molecular formula is C18H21BrN3O4+. The van der Waals surface area contributed by atoms with Crippen LogP contribution in [0.5, 0.6) is 5.75 Å². The van der Waals surface area contributed by atoms with Crippen molar-refractivity contribution in [2.75, 3.05) is 19.5 Å². The number of methoxy groups -OCH3 is 1. The Bertz CT molecular complexity index is 796. The van der Waals surface area contributed by atoms with Crippen LogP contribution in [-0.2, 0) is 11.3 Å². The van der Waals surface area contributed by atoms with Crippen LogP contribution in [0.1, 0.15) is 12.5 Å². The highest BCUT2D eigenvalue weighted by atomic mass is 79.9. The fraction of sp³-hybridized carbons (Fsp3) is 0.278. The molecule has 2 rings (SSSR count). The zero-order valence-corrected chi connectivity index (χ0v) is 16.4. The zero-order valence-electron chi connectivity index (χ0n) is 14.8. The van der Waals surface area contributed by atoms with Crippen molar-refractivity contribution < 1.29 is 19.4 Å². The van der Waals surface area contributed by atoms with Crippen molar-refractivity contribution in [3.05, 3.63) is 62.6 Å². The minimum absolute atomic E-state index is 0.107. The normalized spacial score (nSPS) is 12.9. The van der Waals surface area contributed by atoms with E-state index in [0.29, 0.717) is 12.3 Å². The van der Waals surface area contributed by atoms with Crippen LogP contribution in [0, 0.1) is 10.1 Å². The third kappa shape index (κ3) is 5.03. The van der Waals surface area contributed by atoms with Gasteiger partial charge in [0.05, 0.1) is 24.8 Å². The van der Waals surface area contributed by atoms with Crippen LogP contribution in [0.3, 0.4) is 0 Å². The average molecular weight is 423 g/mol. The van der Waals surface area contributed by atoms with Gasteiger partial charge in [0.15, 0.2) is 6.04 Å². The summed E-state index contributed by atoms with van der Waals surface area (Å²) in [5.41, 5.74) is 1.29. The minimum Gasteiger partial charge on any atom is -0.495 e. The van der Waals surface area contributed by atoms with Gasteiger partial charge in [0.1, 0.15) is 12.3 Å². The van der Waals surface area contributed by atoms with Gasteiger partial charge >= 0.3 is 0 Å². The first kappa shape index (κ1) is 19.9. The van der Waals surface area contributed by atoms with Gasteiger partial charge in [-0.15, -0.1) is 0 Å². The summed E-state index contributed by atoms with van der Waals surface area (Å²) in [6.07, 6.45) is 0. The summed E-state index contributed by atoms with van der Waals surface area (Å²) in [7, 11) is 3.38. The largest absolute Gasteiger partial charge is 0.495 e. The van der Waals surface area contributed by atoms with E-state index in [1.54, 1.807) is 0 Å². The van der Waals surface area contributed by atoms with E-state index in [-0.39, 0.29) is 23.3 Å². The number of benzene rings is 2. The number of halogens is 1. The number of carbonyl (C=O) groups excluding carboxylic acids is 1. The number of carbonyl (C=O) groups is 1. The van der Waals surface area contributed by atoms with Crippen molar-refractivity contribution in [2.24, 2.45) is 0 Å². The number of nitrogens with one attached hydrogen (secondary N) is 2. The van der Waals surface area contributed by atoms with Crippen molar-refractivity contribution in [2.45, 2.75) is 19.5 Å². The molecule has 1 amide bonds. The molecule has 0 heterocycles. The van der Waals surface area contributed by atoms with Crippen molar-refractivity contribution in [3.63, 3.8) is 0 Å². The van der Waals surface area contributed by atoms with Crippen LogP contribution in [0.15, 0.2) is 46.9 Å². The monoisotopic (exact) mass is 422 g/mol. The van der Waals surface area contributed by atoms with Crippen LogP contribution in [0.25, 0.3) is 0 Å². The number of quaternary nitrogens is 1. The topological polar surface area (TPSA) is 85.9 Å². The molecule has 0 spiro atoms. The van der Waals surface area contributed by atoms with E-state index >= 15 is 0 Å². The highest BCUT2D eigenvalue weighted by Gasteiger charge is 2.24. The second-order valence-corrected chi connectivity index (χ2v) is 6.92. The van der Waals surface area contributed by atoms with Crippen LogP contribution in [0.2, 0.25) is 0 Å². The number of likely N-dealkylation sites (N-methyl/N-ethyl adjacent to an activating group) is 1. The Morgan fingerprint density at radius 2 is 1.96 bits per heavy atom. The van der Waals surface area contributed by atoms with Gasteiger partial charge < -0.3 is 15.0 Å². The number of rotatable bonds is 7. The highest BCUT2D eigenvalue weighted by Crippen LogP contribution is 2.28. The van der Waals surface area contributed by atoms with Crippen LogP contribution in [0.4, 0.5) is 11.4 Å². The van der Waals surface area contributed by atoms with Gasteiger partial charge in [-0.1, -0.05) is 28.1 Å². The molecule has 2 aromatic rings. The van der Waals surface area contributed by atoms with Crippen molar-refractivity contribution in [1.29, 1.82) is 0 Å². The Morgan fingerprint density at radius 1 is 1.31 bits per heavy atom. The Hall–Kier alpha value is -2.45. The molecule has 0 aliphatic carbocycles. The maximum Gasteiger partial charge on any atom is 0.282 e. The fourth-order valence-corrected chi connectivity index (χ4v) is 2.71. The molecule has 0 fully saturated rings. The summed E-state index contributed by atoms with van der Waals surface area (Å²) in [4.78, 5) is 24.0. The Balaban J connectivity index is 2.09. The number of nitro benzene ring substituents is 1. The Morgan fingerprint density at radius 3 is 2.54 bits per heavy atom. The number of hydrogen-bond donors (Lipinski definition) is 2. The van der Waals surface area contributed by atoms with E-state index in [4.69, 9.17) is 4.74 Å². The van der Waals surface area contributed by atoms with Crippen molar-refractivity contribution in [3.8, 4) is 5.75 Å². The number of non-ortho nitro benzene ring substituents is 1. The number of nitro groups is 1. The van der Waals surface area contributed by atoms with E-state index in [9.17, 15) is 14.9 Å². The van der Waals surface area contributed by atoms with E-state index in [1.165, 1.54) is 25.3 Å². The molecule has 0 radical (unpaired) electrons. The summed E-state index contributed by atoms with van der Waals surface area (Å²) < 4.78 is 6.18. The van der Waals surface area contributed by atoms with Crippen LogP contribution < -0.4 is 15.0 Å². The van der Waals surface area contributed by atoms with Gasteiger partial charge in [0.25, 0.3) is 11.6 Å². The summed E-state index contributed by atoms with van der Waals surface area (Å²) in [5, 5.41) is 13.7. The van der Waals surface area contributed by atoms with Crippen molar-refractivity contribution >= 4 is 33.2 Å². The molecule has 2 N–H and O–H groups in total. The summed E-state index contributed by atoms with van der Waals surface area (Å²) in [5.74, 6) is 0.139. The lowest BCUT2D eigenvalue weighted by atomic mass is 10.2. The fourth-order valence-electron chi connectivity index (χ4n) is 2.45. The molecule has 0 bridgehead atoms. The van der Waals surface area contributed by atoms with Gasteiger partial charge in [-0.2, -0.15) is 0 Å². The van der Waals surface area contributed by atoms with Gasteiger partial charge in [-0.3, -0.25) is 14.9 Å². The number of nitrogens with zero attached hydrogens (tertiary/aromatic N) is 1. The minimum atomic E-state index is -0.510. The third-order valence-corrected chi connectivity index (χ3v) is 4.71. The van der Waals surface area contributed by atoms with Gasteiger partial charge in [0, 0.05) is 22.2 Å². The van der Waals surface area contributed by atoms with Gasteiger partial charge in [-0.05, 0) is 25.1 Å². The smallest absolute Gasteiger partial charge is 0.282 e. The Kier molecular flexibility index (Phi) is 6.70. The van der Waals surface area contributed by atoms with Gasteiger partial charge in [-0.25, -0.2) is 0 Å². The molecule has 1 unspecified atom stereocenters. The third-order valence-electron chi connectivity index (χ3n) is 4.18. The quantitative estimate of drug-likeness (QED) is 0.529. The molecule has 138 valence electrons. The molecule has 0 saturated carbocycles. The summed E-state index contributed by atoms with van der Waals surface area (Å²) in [6, 6.07) is 11.7. The maximum atomic E-state index is 12.6. The molecule has 0 aliphatic heterocycles. The number of ether oxygens (including phenoxy) is 1. The van der Waals surface area contributed by atoms with Crippen LogP contribution >= 0.6 is 15.9 Å². The standard InChI is InChI=1S/C18H20BrN3O4/c1-12(21(2)11-13-4-6-14(19)7-5-13)18(23)20-16-10-15(22(24)25)8-9-17(16)26-3/h4-10,12H,11H2,1-3H3,(H,20,23)/p+1/t12-/m1/s1. The lowest BCUT2D eigenvalue weighted by molar-refractivity contribution is -0.907. The SMILES string of the molecule is COc1ccc([N+](=O)[O-])cc1NC(=O)[C@@H](C)[NH+](C)Cc1ccc(Br)cc1. The number of hydrogen-bond acceptors (Lipinski definition) is 4. The lowest BCUT2D eigenvalue weighted by Crippen LogP contribution is -3.12. The molecule has 2 atom stereocenters. The molecule has 26 heavy (non-hydrogen) atoms. The average Bonchev–Trinajstić information content (AvgIpc) is 2.62. The van der Waals surface area contributed by atoms with Gasteiger partial charge in [0.2, 0.25) is 0 Å². The van der Waals surface area contributed by atoms with E-state index in [2.05, 4.69) is 21.2 Å². The summed E-state index contributed by atoms with van der Waals surface area (Å²) >= 11 is 3.40. The second-order valence-electron chi connectivity index (χ2n) is 6.00. The predicted octanol–water partition coefficient (Wildman–Crippen LogP) is 2.41. The maximum absolute atomic E-state index is 12.6. The first-order chi connectivity index (χ1) is 12.3. The second kappa shape index (κ2) is 8.77. The zero-order chi connectivity index (χ0) is 19.3. The molecule has 8 heteroatoms. The van der Waals surface area contributed by atoms with E-state index in [0.717, 1.165) is 14.9 Å². The highest BCUT2D eigenvalue weighted by molar-refractivity contribution is 9.10. The molecule has 0 saturated heterocycles. The molecule has 0 aliphatic rings. The van der Waals surface area contributed by atoms with Crippen LogP contribution in [-0.4, -0.2) is 31.0 Å².